The third-order valence-corrected chi connectivity index (χ3v) is 7.04. The molecule has 39 heavy (non-hydrogen) atoms. The summed E-state index contributed by atoms with van der Waals surface area (Å²) in [5, 5.41) is 5.34. The number of thiazole rings is 1. The number of hydrogen-bond donors (Lipinski definition) is 1. The van der Waals surface area contributed by atoms with Crippen molar-refractivity contribution in [1.82, 2.24) is 4.98 Å². The van der Waals surface area contributed by atoms with E-state index in [0.29, 0.717) is 23.2 Å². The quantitative estimate of drug-likeness (QED) is 0.195. The summed E-state index contributed by atoms with van der Waals surface area (Å²) in [6, 6.07) is 32.2. The molecule has 4 aromatic carbocycles. The lowest BCUT2D eigenvalue weighted by Crippen LogP contribution is -2.07. The number of ether oxygens (including phenoxy) is 2. The maximum absolute atomic E-state index is 12.6. The lowest BCUT2D eigenvalue weighted by atomic mass is 10.0. The van der Waals surface area contributed by atoms with Crippen LogP contribution in [-0.2, 0) is 11.4 Å². The molecule has 194 valence electrons. The summed E-state index contributed by atoms with van der Waals surface area (Å²) in [6.45, 7) is 2.51. The van der Waals surface area contributed by atoms with Gasteiger partial charge in [-0.05, 0) is 52.9 Å². The highest BCUT2D eigenvalue weighted by molar-refractivity contribution is 7.14. The number of carbonyl (C=O) groups excluding carboxylic acids is 1. The number of anilines is 1. The normalized spacial score (nSPS) is 10.9. The molecule has 0 radical (unpaired) electrons. The van der Waals surface area contributed by atoms with Crippen molar-refractivity contribution in [2.24, 2.45) is 0 Å². The number of nitrogens with zero attached hydrogens (tertiary/aromatic N) is 1. The van der Waals surface area contributed by atoms with Gasteiger partial charge in [-0.15, -0.1) is 11.3 Å². The Labute approximate surface area is 232 Å². The molecule has 6 heteroatoms. The van der Waals surface area contributed by atoms with Gasteiger partial charge in [0.1, 0.15) is 6.61 Å². The van der Waals surface area contributed by atoms with Crippen LogP contribution >= 0.6 is 11.3 Å². The lowest BCUT2D eigenvalue weighted by Gasteiger charge is -2.12. The van der Waals surface area contributed by atoms with Crippen LogP contribution < -0.4 is 14.8 Å². The van der Waals surface area contributed by atoms with Crippen molar-refractivity contribution in [3.05, 3.63) is 125 Å². The van der Waals surface area contributed by atoms with Gasteiger partial charge >= 0.3 is 0 Å². The van der Waals surface area contributed by atoms with Crippen LogP contribution in [0.4, 0.5) is 5.13 Å². The second-order valence-electron chi connectivity index (χ2n) is 8.93. The van der Waals surface area contributed by atoms with Gasteiger partial charge in [-0.1, -0.05) is 84.9 Å². The van der Waals surface area contributed by atoms with E-state index < -0.39 is 0 Å². The van der Waals surface area contributed by atoms with Crippen molar-refractivity contribution in [2.45, 2.75) is 13.5 Å². The Balaban J connectivity index is 1.19. The number of hydrogen-bond acceptors (Lipinski definition) is 5. The number of nitrogens with one attached hydrogen (secondary N) is 1. The summed E-state index contributed by atoms with van der Waals surface area (Å²) in [7, 11) is 1.60. The molecule has 0 saturated heterocycles. The Morgan fingerprint density at radius 1 is 0.872 bits per heavy atom. The van der Waals surface area contributed by atoms with Crippen molar-refractivity contribution in [1.29, 1.82) is 0 Å². The summed E-state index contributed by atoms with van der Waals surface area (Å²) >= 11 is 1.39. The van der Waals surface area contributed by atoms with Gasteiger partial charge in [-0.25, -0.2) is 4.98 Å². The molecule has 0 fully saturated rings. The monoisotopic (exact) mass is 532 g/mol. The summed E-state index contributed by atoms with van der Waals surface area (Å²) < 4.78 is 11.5. The van der Waals surface area contributed by atoms with E-state index in [0.717, 1.165) is 27.9 Å². The van der Waals surface area contributed by atoms with E-state index in [4.69, 9.17) is 9.47 Å². The molecule has 1 heterocycles. The molecule has 0 bridgehead atoms. The first-order chi connectivity index (χ1) is 19.1. The maximum atomic E-state index is 12.6. The Kier molecular flexibility index (Phi) is 8.15. The molecule has 0 saturated carbocycles. The highest BCUT2D eigenvalue weighted by Gasteiger charge is 2.09. The first-order valence-electron chi connectivity index (χ1n) is 12.5. The number of rotatable bonds is 9. The third kappa shape index (κ3) is 6.61. The van der Waals surface area contributed by atoms with Crippen molar-refractivity contribution >= 4 is 28.5 Å². The van der Waals surface area contributed by atoms with Crippen LogP contribution in [0.15, 0.2) is 109 Å². The van der Waals surface area contributed by atoms with Gasteiger partial charge < -0.3 is 9.47 Å². The summed E-state index contributed by atoms with van der Waals surface area (Å²) in [6.07, 6.45) is 3.22. The predicted molar refractivity (Wildman–Crippen MR) is 159 cm³/mol. The fourth-order valence-electron chi connectivity index (χ4n) is 4.08. The molecule has 5 aromatic rings. The fourth-order valence-corrected chi connectivity index (χ4v) is 4.80. The number of aryl methyl sites for hydroxylation is 1. The molecule has 1 aromatic heterocycles. The zero-order valence-corrected chi connectivity index (χ0v) is 22.6. The Hall–Kier alpha value is -4.68. The van der Waals surface area contributed by atoms with Crippen LogP contribution in [0.5, 0.6) is 11.5 Å². The first kappa shape index (κ1) is 25.9. The molecule has 1 amide bonds. The van der Waals surface area contributed by atoms with Crippen molar-refractivity contribution in [3.8, 4) is 33.9 Å². The van der Waals surface area contributed by atoms with E-state index >= 15 is 0 Å². The molecule has 1 N–H and O–H groups in total. The molecule has 0 unspecified atom stereocenters. The molecule has 5 rings (SSSR count). The van der Waals surface area contributed by atoms with Crippen LogP contribution in [0.1, 0.15) is 16.7 Å². The van der Waals surface area contributed by atoms with Crippen molar-refractivity contribution < 1.29 is 14.3 Å². The molecule has 0 aliphatic rings. The number of carbonyl (C=O) groups is 1. The molecule has 5 nitrogen and oxygen atoms in total. The molecular weight excluding hydrogens is 504 g/mol. The summed E-state index contributed by atoms with van der Waals surface area (Å²) in [4.78, 5) is 17.1. The van der Waals surface area contributed by atoms with E-state index in [1.807, 2.05) is 72.1 Å². The van der Waals surface area contributed by atoms with E-state index in [-0.39, 0.29) is 5.91 Å². The number of benzene rings is 4. The van der Waals surface area contributed by atoms with Gasteiger partial charge in [0.05, 0.1) is 12.8 Å². The van der Waals surface area contributed by atoms with Crippen LogP contribution in [0.25, 0.3) is 28.5 Å². The molecule has 0 aliphatic heterocycles. The molecular formula is C33H28N2O3S. The van der Waals surface area contributed by atoms with Gasteiger partial charge in [-0.3, -0.25) is 10.1 Å². The number of aromatic nitrogens is 1. The molecule has 0 aliphatic carbocycles. The standard InChI is InChI=1S/C33H28N2O3S/c1-23-8-6-7-11-28(23)21-38-30-18-12-24(20-31(30)37-2)13-19-32(36)35-33-34-29(22-39-33)27-16-14-26(15-17-27)25-9-4-3-5-10-25/h3-20,22H,21H2,1-2H3,(H,34,35,36)/b19-13+. The summed E-state index contributed by atoms with van der Waals surface area (Å²) in [5.74, 6) is 0.998. The third-order valence-electron chi connectivity index (χ3n) is 6.28. The van der Waals surface area contributed by atoms with Gasteiger partial charge in [0.25, 0.3) is 0 Å². The first-order valence-corrected chi connectivity index (χ1v) is 13.4. The second kappa shape index (κ2) is 12.2. The number of amides is 1. The zero-order chi connectivity index (χ0) is 27.0. The van der Waals surface area contributed by atoms with Crippen LogP contribution in [-0.4, -0.2) is 18.0 Å². The maximum Gasteiger partial charge on any atom is 0.250 e. The molecule has 0 spiro atoms. The Bertz CT molecular complexity index is 1590. The topological polar surface area (TPSA) is 60.5 Å². The minimum atomic E-state index is -0.255. The Morgan fingerprint density at radius 2 is 1.59 bits per heavy atom. The van der Waals surface area contributed by atoms with Crippen LogP contribution in [0.2, 0.25) is 0 Å². The zero-order valence-electron chi connectivity index (χ0n) is 21.8. The largest absolute Gasteiger partial charge is 0.493 e. The minimum Gasteiger partial charge on any atom is -0.493 e. The predicted octanol–water partition coefficient (Wildman–Crippen LogP) is 8.03. The smallest absolute Gasteiger partial charge is 0.250 e. The van der Waals surface area contributed by atoms with Crippen LogP contribution in [0.3, 0.4) is 0 Å². The van der Waals surface area contributed by atoms with Crippen molar-refractivity contribution in [3.63, 3.8) is 0 Å². The highest BCUT2D eigenvalue weighted by Crippen LogP contribution is 2.30. The SMILES string of the molecule is COc1cc(/C=C/C(=O)Nc2nc(-c3ccc(-c4ccccc4)cc3)cs2)ccc1OCc1ccccc1C. The van der Waals surface area contributed by atoms with E-state index in [2.05, 4.69) is 47.6 Å². The minimum absolute atomic E-state index is 0.255. The number of methoxy groups -OCH3 is 1. The van der Waals surface area contributed by atoms with Crippen LogP contribution in [0, 0.1) is 6.92 Å². The second-order valence-corrected chi connectivity index (χ2v) is 9.79. The fraction of sp³-hybridized carbons (Fsp3) is 0.0909. The summed E-state index contributed by atoms with van der Waals surface area (Å²) in [5.41, 5.74) is 7.26. The highest BCUT2D eigenvalue weighted by atomic mass is 32.1. The average Bonchev–Trinajstić information content (AvgIpc) is 3.44. The van der Waals surface area contributed by atoms with Gasteiger partial charge in [-0.2, -0.15) is 0 Å². The average molecular weight is 533 g/mol. The van der Waals surface area contributed by atoms with Gasteiger partial charge in [0.2, 0.25) is 5.91 Å². The van der Waals surface area contributed by atoms with Gasteiger partial charge in [0, 0.05) is 17.0 Å². The Morgan fingerprint density at radius 3 is 2.36 bits per heavy atom. The lowest BCUT2D eigenvalue weighted by molar-refractivity contribution is -0.111. The van der Waals surface area contributed by atoms with E-state index in [1.54, 1.807) is 13.2 Å². The van der Waals surface area contributed by atoms with E-state index in [9.17, 15) is 4.79 Å². The van der Waals surface area contributed by atoms with Gasteiger partial charge in [0.15, 0.2) is 16.6 Å². The van der Waals surface area contributed by atoms with E-state index in [1.165, 1.54) is 28.5 Å². The van der Waals surface area contributed by atoms with Crippen molar-refractivity contribution in [2.75, 3.05) is 12.4 Å². The molecule has 0 atom stereocenters.